The monoisotopic (exact) mass is 348 g/mol. The van der Waals surface area contributed by atoms with Crippen LogP contribution in [0.4, 0.5) is 0 Å². The Labute approximate surface area is 152 Å². The first-order valence-electron chi connectivity index (χ1n) is 8.29. The molecular formula is C21H20N2O3. The highest BCUT2D eigenvalue weighted by Crippen LogP contribution is 2.21. The van der Waals surface area contributed by atoms with Crippen LogP contribution in [-0.2, 0) is 4.79 Å². The number of methoxy groups -OCH3 is 1. The molecule has 0 unspecified atom stereocenters. The maximum absolute atomic E-state index is 12.2. The van der Waals surface area contributed by atoms with Gasteiger partial charge in [-0.3, -0.25) is 4.79 Å². The highest BCUT2D eigenvalue weighted by Gasteiger charge is 2.14. The largest absolute Gasteiger partial charge is 0.496 e. The molecule has 0 bridgehead atoms. The Morgan fingerprint density at radius 2 is 1.77 bits per heavy atom. The molecule has 0 spiro atoms. The average Bonchev–Trinajstić information content (AvgIpc) is 2.68. The predicted molar refractivity (Wildman–Crippen MR) is 103 cm³/mol. The Balaban J connectivity index is 1.61. The Morgan fingerprint density at radius 1 is 1.04 bits per heavy atom. The normalized spacial score (nSPS) is 12.1. The molecule has 5 nitrogen and oxygen atoms in total. The number of rotatable bonds is 6. The number of nitrogens with zero attached hydrogens (tertiary/aromatic N) is 1. The Bertz CT molecular complexity index is 937. The van der Waals surface area contributed by atoms with Crippen LogP contribution in [0.3, 0.4) is 0 Å². The van der Waals surface area contributed by atoms with Gasteiger partial charge in [0.05, 0.1) is 13.3 Å². The molecule has 0 saturated heterocycles. The van der Waals surface area contributed by atoms with Crippen LogP contribution in [0.5, 0.6) is 11.5 Å². The Morgan fingerprint density at radius 3 is 2.58 bits per heavy atom. The fourth-order valence-corrected chi connectivity index (χ4v) is 2.53. The van der Waals surface area contributed by atoms with E-state index >= 15 is 0 Å². The summed E-state index contributed by atoms with van der Waals surface area (Å²) in [5.41, 5.74) is 3.27. The first-order chi connectivity index (χ1) is 12.7. The molecule has 0 aromatic heterocycles. The average molecular weight is 348 g/mol. The summed E-state index contributed by atoms with van der Waals surface area (Å²) in [4.78, 5) is 12.2. The highest BCUT2D eigenvalue weighted by molar-refractivity contribution is 5.87. The SMILES string of the molecule is COc1ccccc1/C=N\NC(=O)[C@@H](C)Oc1ccc2ccccc2c1. The maximum Gasteiger partial charge on any atom is 0.280 e. The van der Waals surface area contributed by atoms with Gasteiger partial charge in [-0.15, -0.1) is 0 Å². The lowest BCUT2D eigenvalue weighted by Crippen LogP contribution is -2.33. The zero-order chi connectivity index (χ0) is 18.4. The number of hydrazone groups is 1. The van der Waals surface area contributed by atoms with Gasteiger partial charge in [0.1, 0.15) is 11.5 Å². The fraction of sp³-hybridized carbons (Fsp3) is 0.143. The molecule has 26 heavy (non-hydrogen) atoms. The summed E-state index contributed by atoms with van der Waals surface area (Å²) in [6.07, 6.45) is 0.866. The van der Waals surface area contributed by atoms with Crippen molar-refractivity contribution in [1.82, 2.24) is 5.43 Å². The summed E-state index contributed by atoms with van der Waals surface area (Å²) in [5, 5.41) is 6.16. The number of fused-ring (bicyclic) bond motifs is 1. The molecule has 0 aliphatic heterocycles. The molecule has 1 N–H and O–H groups in total. The van der Waals surface area contributed by atoms with E-state index in [9.17, 15) is 4.79 Å². The molecule has 5 heteroatoms. The van der Waals surface area contributed by atoms with E-state index in [4.69, 9.17) is 9.47 Å². The van der Waals surface area contributed by atoms with E-state index in [1.165, 1.54) is 0 Å². The summed E-state index contributed by atoms with van der Waals surface area (Å²) in [7, 11) is 1.59. The van der Waals surface area contributed by atoms with Gasteiger partial charge in [0.15, 0.2) is 6.10 Å². The summed E-state index contributed by atoms with van der Waals surface area (Å²) >= 11 is 0. The zero-order valence-corrected chi connectivity index (χ0v) is 14.7. The van der Waals surface area contributed by atoms with Gasteiger partial charge in [-0.2, -0.15) is 5.10 Å². The van der Waals surface area contributed by atoms with Crippen LogP contribution >= 0.6 is 0 Å². The van der Waals surface area contributed by atoms with Crippen LogP contribution in [0, 0.1) is 0 Å². The van der Waals surface area contributed by atoms with Crippen LogP contribution < -0.4 is 14.9 Å². The van der Waals surface area contributed by atoms with Crippen molar-refractivity contribution in [2.24, 2.45) is 5.10 Å². The van der Waals surface area contributed by atoms with Gasteiger partial charge in [0, 0.05) is 5.56 Å². The zero-order valence-electron chi connectivity index (χ0n) is 14.7. The van der Waals surface area contributed by atoms with E-state index in [2.05, 4.69) is 10.5 Å². The molecule has 0 aliphatic rings. The lowest BCUT2D eigenvalue weighted by atomic mass is 10.1. The number of amides is 1. The maximum atomic E-state index is 12.2. The van der Waals surface area contributed by atoms with E-state index < -0.39 is 6.10 Å². The first-order valence-corrected chi connectivity index (χ1v) is 8.29. The van der Waals surface area contributed by atoms with Gasteiger partial charge >= 0.3 is 0 Å². The lowest BCUT2D eigenvalue weighted by molar-refractivity contribution is -0.127. The van der Waals surface area contributed by atoms with E-state index in [1.54, 1.807) is 20.2 Å². The van der Waals surface area contributed by atoms with Crippen LogP contribution in [0.15, 0.2) is 71.8 Å². The molecule has 1 amide bonds. The van der Waals surface area contributed by atoms with Gasteiger partial charge in [0.25, 0.3) is 5.91 Å². The molecule has 3 aromatic rings. The Hall–Kier alpha value is -3.34. The molecule has 0 aliphatic carbocycles. The number of carbonyl (C=O) groups is 1. The predicted octanol–water partition coefficient (Wildman–Crippen LogP) is 3.77. The number of ether oxygens (including phenoxy) is 2. The molecule has 1 atom stereocenters. The molecule has 0 radical (unpaired) electrons. The number of hydrogen-bond acceptors (Lipinski definition) is 4. The molecule has 0 saturated carbocycles. The van der Waals surface area contributed by atoms with E-state index in [1.807, 2.05) is 66.7 Å². The minimum atomic E-state index is -0.675. The van der Waals surface area contributed by atoms with Gasteiger partial charge < -0.3 is 9.47 Å². The van der Waals surface area contributed by atoms with E-state index in [0.717, 1.165) is 16.3 Å². The summed E-state index contributed by atoms with van der Waals surface area (Å²) in [5.74, 6) is 0.996. The first kappa shape index (κ1) is 17.5. The van der Waals surface area contributed by atoms with E-state index in [0.29, 0.717) is 11.5 Å². The molecular weight excluding hydrogens is 328 g/mol. The third-order valence-electron chi connectivity index (χ3n) is 3.92. The third-order valence-corrected chi connectivity index (χ3v) is 3.92. The van der Waals surface area contributed by atoms with Crippen molar-refractivity contribution in [3.8, 4) is 11.5 Å². The second-order valence-corrected chi connectivity index (χ2v) is 5.75. The van der Waals surface area contributed by atoms with Gasteiger partial charge in [0.2, 0.25) is 0 Å². The minimum Gasteiger partial charge on any atom is -0.496 e. The lowest BCUT2D eigenvalue weighted by Gasteiger charge is -2.13. The topological polar surface area (TPSA) is 59.9 Å². The van der Waals surface area contributed by atoms with Gasteiger partial charge in [-0.1, -0.05) is 42.5 Å². The van der Waals surface area contributed by atoms with Crippen LogP contribution in [-0.4, -0.2) is 25.3 Å². The fourth-order valence-electron chi connectivity index (χ4n) is 2.53. The molecule has 3 rings (SSSR count). The standard InChI is InChI=1S/C21H20N2O3/c1-15(26-19-12-11-16-7-3-4-8-17(16)13-19)21(24)23-22-14-18-9-5-6-10-20(18)25-2/h3-15H,1-2H3,(H,23,24)/b22-14-/t15-/m1/s1. The van der Waals surface area contributed by atoms with Crippen molar-refractivity contribution in [3.05, 3.63) is 72.3 Å². The second kappa shape index (κ2) is 8.16. The quantitative estimate of drug-likeness (QED) is 0.545. The van der Waals surface area contributed by atoms with Crippen LogP contribution in [0.1, 0.15) is 12.5 Å². The van der Waals surface area contributed by atoms with Crippen LogP contribution in [0.2, 0.25) is 0 Å². The van der Waals surface area contributed by atoms with Crippen molar-refractivity contribution in [1.29, 1.82) is 0 Å². The molecule has 132 valence electrons. The molecule has 0 fully saturated rings. The summed E-state index contributed by atoms with van der Waals surface area (Å²) < 4.78 is 11.0. The Kier molecular flexibility index (Phi) is 5.49. The van der Waals surface area contributed by atoms with Crippen molar-refractivity contribution < 1.29 is 14.3 Å². The smallest absolute Gasteiger partial charge is 0.280 e. The number of carbonyl (C=O) groups excluding carboxylic acids is 1. The van der Waals surface area contributed by atoms with Gasteiger partial charge in [-0.25, -0.2) is 5.43 Å². The van der Waals surface area contributed by atoms with Crippen molar-refractivity contribution in [3.63, 3.8) is 0 Å². The van der Waals surface area contributed by atoms with E-state index in [-0.39, 0.29) is 5.91 Å². The number of benzene rings is 3. The number of nitrogens with one attached hydrogen (secondary N) is 1. The third kappa shape index (κ3) is 4.19. The summed E-state index contributed by atoms with van der Waals surface area (Å²) in [6, 6.07) is 21.1. The van der Waals surface area contributed by atoms with Crippen molar-refractivity contribution in [2.45, 2.75) is 13.0 Å². The van der Waals surface area contributed by atoms with Crippen molar-refractivity contribution >= 4 is 22.9 Å². The molecule has 0 heterocycles. The minimum absolute atomic E-state index is 0.329. The number of para-hydroxylation sites is 1. The highest BCUT2D eigenvalue weighted by atomic mass is 16.5. The molecule has 3 aromatic carbocycles. The second-order valence-electron chi connectivity index (χ2n) is 5.75. The van der Waals surface area contributed by atoms with Gasteiger partial charge in [-0.05, 0) is 42.0 Å². The van der Waals surface area contributed by atoms with Crippen molar-refractivity contribution in [2.75, 3.05) is 7.11 Å². The van der Waals surface area contributed by atoms with Crippen LogP contribution in [0.25, 0.3) is 10.8 Å². The number of hydrogen-bond donors (Lipinski definition) is 1. The summed E-state index contributed by atoms with van der Waals surface area (Å²) in [6.45, 7) is 1.68.